The number of hydrogen-bond acceptors (Lipinski definition) is 2. The topological polar surface area (TPSA) is 21.3 Å². The lowest BCUT2D eigenvalue weighted by Crippen LogP contribution is -2.29. The van der Waals surface area contributed by atoms with Crippen molar-refractivity contribution in [3.8, 4) is 5.75 Å². The lowest BCUT2D eigenvalue weighted by Gasteiger charge is -2.17. The lowest BCUT2D eigenvalue weighted by molar-refractivity contribution is 0.291. The van der Waals surface area contributed by atoms with Crippen LogP contribution in [0.1, 0.15) is 56.2 Å². The molecule has 0 spiro atoms. The Kier molecular flexibility index (Phi) is 7.68. The second-order valence-electron chi connectivity index (χ2n) is 5.78. The Morgan fingerprint density at radius 1 is 1.10 bits per heavy atom. The van der Waals surface area contributed by atoms with Crippen molar-refractivity contribution in [3.05, 3.63) is 28.8 Å². The van der Waals surface area contributed by atoms with Gasteiger partial charge in [0, 0.05) is 6.04 Å². The Labute approximate surface area is 124 Å². The third kappa shape index (κ3) is 5.54. The summed E-state index contributed by atoms with van der Waals surface area (Å²) in [7, 11) is 0. The van der Waals surface area contributed by atoms with Crippen LogP contribution in [0.3, 0.4) is 0 Å². The lowest BCUT2D eigenvalue weighted by atomic mass is 10.1. The quantitative estimate of drug-likeness (QED) is 0.669. The van der Waals surface area contributed by atoms with E-state index >= 15 is 0 Å². The second kappa shape index (κ2) is 9.02. The van der Waals surface area contributed by atoms with Gasteiger partial charge in [0.25, 0.3) is 0 Å². The van der Waals surface area contributed by atoms with Crippen LogP contribution in [0.15, 0.2) is 12.1 Å². The molecule has 0 radical (unpaired) electrons. The average molecular weight is 277 g/mol. The molecule has 0 amide bonds. The number of aryl methyl sites for hydroxylation is 3. The van der Waals surface area contributed by atoms with Crippen LogP contribution < -0.4 is 10.1 Å². The highest BCUT2D eigenvalue weighted by Gasteiger charge is 2.07. The van der Waals surface area contributed by atoms with Crippen molar-refractivity contribution in [1.82, 2.24) is 5.32 Å². The fourth-order valence-corrected chi connectivity index (χ4v) is 2.70. The van der Waals surface area contributed by atoms with Crippen LogP contribution in [0.5, 0.6) is 5.75 Å². The Hall–Kier alpha value is -1.02. The summed E-state index contributed by atoms with van der Waals surface area (Å²) in [5.41, 5.74) is 3.81. The largest absolute Gasteiger partial charge is 0.493 e. The molecule has 2 nitrogen and oxygen atoms in total. The molecule has 0 fully saturated rings. The van der Waals surface area contributed by atoms with E-state index in [4.69, 9.17) is 4.74 Å². The predicted molar refractivity (Wildman–Crippen MR) is 87.8 cm³/mol. The van der Waals surface area contributed by atoms with E-state index < -0.39 is 0 Å². The number of ether oxygens (including phenoxy) is 1. The molecular formula is C18H31NO. The highest BCUT2D eigenvalue weighted by molar-refractivity contribution is 5.42. The standard InChI is InChI=1S/C18H31NO/c1-6-10-19-17(7-2)9-8-11-20-18-15(4)12-14(3)13-16(18)5/h12-13,17,19H,6-11H2,1-5H3. The highest BCUT2D eigenvalue weighted by atomic mass is 16.5. The Balaban J connectivity index is 2.37. The molecule has 1 aromatic carbocycles. The van der Waals surface area contributed by atoms with Crippen molar-refractivity contribution in [2.45, 2.75) is 66.3 Å². The molecule has 0 aliphatic carbocycles. The van der Waals surface area contributed by atoms with Crippen LogP contribution in [-0.4, -0.2) is 19.2 Å². The first-order valence-electron chi connectivity index (χ1n) is 8.02. The fourth-order valence-electron chi connectivity index (χ4n) is 2.70. The summed E-state index contributed by atoms with van der Waals surface area (Å²) in [6, 6.07) is 5.03. The average Bonchev–Trinajstić information content (AvgIpc) is 2.40. The van der Waals surface area contributed by atoms with Crippen molar-refractivity contribution in [2.24, 2.45) is 0 Å². The van der Waals surface area contributed by atoms with E-state index in [0.29, 0.717) is 6.04 Å². The minimum absolute atomic E-state index is 0.638. The van der Waals surface area contributed by atoms with E-state index in [1.54, 1.807) is 0 Å². The van der Waals surface area contributed by atoms with Crippen molar-refractivity contribution in [2.75, 3.05) is 13.2 Å². The molecule has 0 saturated heterocycles. The molecule has 1 N–H and O–H groups in total. The zero-order chi connectivity index (χ0) is 15.0. The fraction of sp³-hybridized carbons (Fsp3) is 0.667. The van der Waals surface area contributed by atoms with E-state index in [0.717, 1.165) is 25.3 Å². The van der Waals surface area contributed by atoms with Gasteiger partial charge in [0.1, 0.15) is 5.75 Å². The molecule has 0 saturated carbocycles. The second-order valence-corrected chi connectivity index (χ2v) is 5.78. The molecule has 0 heterocycles. The SMILES string of the molecule is CCCNC(CC)CCCOc1c(C)cc(C)cc1C. The first-order valence-corrected chi connectivity index (χ1v) is 8.02. The van der Waals surface area contributed by atoms with Crippen molar-refractivity contribution >= 4 is 0 Å². The molecule has 0 bridgehead atoms. The molecule has 0 aliphatic rings. The minimum atomic E-state index is 0.638. The molecule has 0 aromatic heterocycles. The van der Waals surface area contributed by atoms with Gasteiger partial charge in [0.2, 0.25) is 0 Å². The van der Waals surface area contributed by atoms with E-state index in [-0.39, 0.29) is 0 Å². The Morgan fingerprint density at radius 3 is 2.30 bits per heavy atom. The molecule has 1 atom stereocenters. The number of benzene rings is 1. The third-order valence-electron chi connectivity index (χ3n) is 3.72. The number of hydrogen-bond donors (Lipinski definition) is 1. The van der Waals surface area contributed by atoms with Crippen LogP contribution in [-0.2, 0) is 0 Å². The first-order chi connectivity index (χ1) is 9.58. The van der Waals surface area contributed by atoms with Gasteiger partial charge in [-0.25, -0.2) is 0 Å². The van der Waals surface area contributed by atoms with Crippen molar-refractivity contribution in [1.29, 1.82) is 0 Å². The summed E-state index contributed by atoms with van der Waals surface area (Å²) >= 11 is 0. The smallest absolute Gasteiger partial charge is 0.125 e. The molecule has 20 heavy (non-hydrogen) atoms. The van der Waals surface area contributed by atoms with Crippen molar-refractivity contribution in [3.63, 3.8) is 0 Å². The molecular weight excluding hydrogens is 246 g/mol. The normalized spacial score (nSPS) is 12.4. The number of rotatable bonds is 9. The van der Waals surface area contributed by atoms with Gasteiger partial charge >= 0.3 is 0 Å². The van der Waals surface area contributed by atoms with Gasteiger partial charge in [-0.2, -0.15) is 0 Å². The summed E-state index contributed by atoms with van der Waals surface area (Å²) in [4.78, 5) is 0. The number of nitrogens with one attached hydrogen (secondary N) is 1. The van der Waals surface area contributed by atoms with E-state index in [1.807, 2.05) is 0 Å². The molecule has 114 valence electrons. The monoisotopic (exact) mass is 277 g/mol. The van der Waals surface area contributed by atoms with Crippen LogP contribution >= 0.6 is 0 Å². The summed E-state index contributed by atoms with van der Waals surface area (Å²) in [5, 5.41) is 3.59. The zero-order valence-electron chi connectivity index (χ0n) is 13.9. The van der Waals surface area contributed by atoms with Gasteiger partial charge in [0.05, 0.1) is 6.61 Å². The zero-order valence-corrected chi connectivity index (χ0v) is 13.9. The molecule has 1 rings (SSSR count). The maximum absolute atomic E-state index is 5.99. The van der Waals surface area contributed by atoms with Gasteiger partial charge < -0.3 is 10.1 Å². The summed E-state index contributed by atoms with van der Waals surface area (Å²) in [5.74, 6) is 1.07. The van der Waals surface area contributed by atoms with E-state index in [2.05, 4.69) is 52.1 Å². The van der Waals surface area contributed by atoms with E-state index in [9.17, 15) is 0 Å². The summed E-state index contributed by atoms with van der Waals surface area (Å²) in [6.07, 6.45) is 4.71. The maximum Gasteiger partial charge on any atom is 0.125 e. The van der Waals surface area contributed by atoms with Crippen LogP contribution in [0, 0.1) is 20.8 Å². The minimum Gasteiger partial charge on any atom is -0.493 e. The van der Waals surface area contributed by atoms with Gasteiger partial charge in [0.15, 0.2) is 0 Å². The summed E-state index contributed by atoms with van der Waals surface area (Å²) in [6.45, 7) is 12.8. The highest BCUT2D eigenvalue weighted by Crippen LogP contribution is 2.24. The maximum atomic E-state index is 5.99. The van der Waals surface area contributed by atoms with Gasteiger partial charge in [-0.1, -0.05) is 31.5 Å². The van der Waals surface area contributed by atoms with Crippen LogP contribution in [0.2, 0.25) is 0 Å². The van der Waals surface area contributed by atoms with Gasteiger partial charge in [-0.3, -0.25) is 0 Å². The Bertz CT molecular complexity index is 377. The molecule has 2 heteroatoms. The van der Waals surface area contributed by atoms with Gasteiger partial charge in [-0.15, -0.1) is 0 Å². The predicted octanol–water partition coefficient (Wildman–Crippen LogP) is 4.55. The third-order valence-corrected chi connectivity index (χ3v) is 3.72. The first kappa shape index (κ1) is 17.0. The van der Waals surface area contributed by atoms with Gasteiger partial charge in [-0.05, 0) is 64.1 Å². The summed E-state index contributed by atoms with van der Waals surface area (Å²) < 4.78 is 5.99. The van der Waals surface area contributed by atoms with Crippen LogP contribution in [0.4, 0.5) is 0 Å². The molecule has 1 aromatic rings. The van der Waals surface area contributed by atoms with Crippen LogP contribution in [0.25, 0.3) is 0 Å². The molecule has 0 aliphatic heterocycles. The van der Waals surface area contributed by atoms with E-state index in [1.165, 1.54) is 36.0 Å². The van der Waals surface area contributed by atoms with Crippen molar-refractivity contribution < 1.29 is 4.74 Å². The molecule has 1 unspecified atom stereocenters. The Morgan fingerprint density at radius 2 is 1.75 bits per heavy atom.